The van der Waals surface area contributed by atoms with Crippen molar-refractivity contribution in [3.05, 3.63) is 29.8 Å². The van der Waals surface area contributed by atoms with Crippen molar-refractivity contribution in [2.75, 3.05) is 19.6 Å². The number of piperidine rings is 1. The minimum atomic E-state index is -3.80. The number of amides is 1. The molecule has 1 heterocycles. The van der Waals surface area contributed by atoms with E-state index < -0.39 is 28.6 Å². The number of hydrogen-bond donors (Lipinski definition) is 1. The van der Waals surface area contributed by atoms with Gasteiger partial charge in [-0.15, -0.1) is 0 Å². The molecule has 0 radical (unpaired) electrons. The summed E-state index contributed by atoms with van der Waals surface area (Å²) in [6, 6.07) is 6.28. The lowest BCUT2D eigenvalue weighted by Gasteiger charge is -2.31. The number of hydrogen-bond acceptors (Lipinski definition) is 5. The van der Waals surface area contributed by atoms with E-state index in [0.29, 0.717) is 19.0 Å². The summed E-state index contributed by atoms with van der Waals surface area (Å²) in [6.45, 7) is 6.29. The Bertz CT molecular complexity index is 737. The molecule has 1 unspecified atom stereocenters. The van der Waals surface area contributed by atoms with Crippen LogP contribution in [0.1, 0.15) is 32.3 Å². The normalized spacial score (nSPS) is 17.0. The van der Waals surface area contributed by atoms with Crippen molar-refractivity contribution >= 4 is 21.9 Å². The Morgan fingerprint density at radius 1 is 1.23 bits per heavy atom. The van der Waals surface area contributed by atoms with Gasteiger partial charge < -0.3 is 9.64 Å². The van der Waals surface area contributed by atoms with Gasteiger partial charge in [0.05, 0.1) is 4.90 Å². The monoisotopic (exact) mass is 382 g/mol. The van der Waals surface area contributed by atoms with Crippen molar-refractivity contribution in [3.8, 4) is 0 Å². The SMILES string of the molecule is Cc1ccc(S(=O)(=O)NCC(=O)OC(C)C(=O)N2CCC(C)CC2)cc1. The number of nitrogens with one attached hydrogen (secondary N) is 1. The molecule has 7 nitrogen and oxygen atoms in total. The summed E-state index contributed by atoms with van der Waals surface area (Å²) in [7, 11) is -3.80. The quantitative estimate of drug-likeness (QED) is 0.752. The van der Waals surface area contributed by atoms with Crippen molar-refractivity contribution in [1.82, 2.24) is 9.62 Å². The van der Waals surface area contributed by atoms with E-state index in [2.05, 4.69) is 11.6 Å². The Kier molecular flexibility index (Phi) is 6.77. The fraction of sp³-hybridized carbons (Fsp3) is 0.556. The molecule has 1 saturated heterocycles. The Morgan fingerprint density at radius 3 is 2.38 bits per heavy atom. The first kappa shape index (κ1) is 20.4. The highest BCUT2D eigenvalue weighted by Crippen LogP contribution is 2.17. The number of nitrogens with zero attached hydrogens (tertiary/aromatic N) is 1. The van der Waals surface area contributed by atoms with E-state index in [-0.39, 0.29) is 10.8 Å². The molecule has 144 valence electrons. The molecule has 1 atom stereocenters. The number of ether oxygens (including phenoxy) is 1. The predicted octanol–water partition coefficient (Wildman–Crippen LogP) is 1.46. The highest BCUT2D eigenvalue weighted by molar-refractivity contribution is 7.89. The van der Waals surface area contributed by atoms with Crippen molar-refractivity contribution in [2.45, 2.75) is 44.6 Å². The van der Waals surface area contributed by atoms with E-state index >= 15 is 0 Å². The number of carbonyl (C=O) groups is 2. The lowest BCUT2D eigenvalue weighted by Crippen LogP contribution is -2.44. The van der Waals surface area contributed by atoms with Gasteiger partial charge in [0.25, 0.3) is 5.91 Å². The van der Waals surface area contributed by atoms with E-state index in [0.717, 1.165) is 18.4 Å². The van der Waals surface area contributed by atoms with Gasteiger partial charge in [-0.3, -0.25) is 9.59 Å². The van der Waals surface area contributed by atoms with Crippen LogP contribution in [-0.2, 0) is 24.3 Å². The van der Waals surface area contributed by atoms with Crippen LogP contribution in [-0.4, -0.2) is 50.9 Å². The van der Waals surface area contributed by atoms with E-state index in [1.54, 1.807) is 17.0 Å². The van der Waals surface area contributed by atoms with E-state index in [1.165, 1.54) is 19.1 Å². The summed E-state index contributed by atoms with van der Waals surface area (Å²) in [5.74, 6) is -0.438. The van der Waals surface area contributed by atoms with Crippen LogP contribution in [0.4, 0.5) is 0 Å². The zero-order valence-corrected chi connectivity index (χ0v) is 16.2. The minimum absolute atomic E-state index is 0.0717. The second-order valence-corrected chi connectivity index (χ2v) is 8.54. The summed E-state index contributed by atoms with van der Waals surface area (Å²) in [5.41, 5.74) is 0.933. The van der Waals surface area contributed by atoms with Gasteiger partial charge >= 0.3 is 5.97 Å². The second kappa shape index (κ2) is 8.64. The largest absolute Gasteiger partial charge is 0.452 e. The number of rotatable bonds is 6. The lowest BCUT2D eigenvalue weighted by molar-refractivity contribution is -0.158. The van der Waals surface area contributed by atoms with Crippen LogP contribution in [0.3, 0.4) is 0 Å². The molecule has 0 bridgehead atoms. The third-order valence-corrected chi connectivity index (χ3v) is 5.91. The van der Waals surface area contributed by atoms with Gasteiger partial charge in [-0.05, 0) is 44.7 Å². The molecule has 1 aliphatic rings. The maximum absolute atomic E-state index is 12.3. The molecule has 0 spiro atoms. The van der Waals surface area contributed by atoms with Crippen LogP contribution in [0.25, 0.3) is 0 Å². The highest BCUT2D eigenvalue weighted by atomic mass is 32.2. The van der Waals surface area contributed by atoms with Gasteiger partial charge in [0.2, 0.25) is 10.0 Å². The molecule has 1 amide bonds. The van der Waals surface area contributed by atoms with Crippen LogP contribution in [0.5, 0.6) is 0 Å². The van der Waals surface area contributed by atoms with Crippen molar-refractivity contribution in [1.29, 1.82) is 0 Å². The van der Waals surface area contributed by atoms with Crippen molar-refractivity contribution < 1.29 is 22.7 Å². The van der Waals surface area contributed by atoms with Gasteiger partial charge in [-0.25, -0.2) is 8.42 Å². The third-order valence-electron chi connectivity index (χ3n) is 4.49. The molecule has 1 aromatic carbocycles. The number of aryl methyl sites for hydroxylation is 1. The van der Waals surface area contributed by atoms with E-state index in [1.807, 2.05) is 6.92 Å². The molecule has 1 N–H and O–H groups in total. The van der Waals surface area contributed by atoms with Gasteiger partial charge in [0.1, 0.15) is 6.54 Å². The van der Waals surface area contributed by atoms with Gasteiger partial charge in [0, 0.05) is 13.1 Å². The Hall–Kier alpha value is -1.93. The molecule has 8 heteroatoms. The average molecular weight is 382 g/mol. The van der Waals surface area contributed by atoms with E-state index in [9.17, 15) is 18.0 Å². The molecule has 0 saturated carbocycles. The molecule has 1 aliphatic heterocycles. The number of likely N-dealkylation sites (tertiary alicyclic amines) is 1. The average Bonchev–Trinajstić information content (AvgIpc) is 2.60. The van der Waals surface area contributed by atoms with Gasteiger partial charge in [0.15, 0.2) is 6.10 Å². The summed E-state index contributed by atoms with van der Waals surface area (Å²) in [6.07, 6.45) is 0.936. The number of benzene rings is 1. The van der Waals surface area contributed by atoms with Crippen molar-refractivity contribution in [2.24, 2.45) is 5.92 Å². The standard InChI is InChI=1S/C18H26N2O5S/c1-13-4-6-16(7-5-13)26(23,24)19-12-17(21)25-15(3)18(22)20-10-8-14(2)9-11-20/h4-7,14-15,19H,8-12H2,1-3H3. The topological polar surface area (TPSA) is 92.8 Å². The third kappa shape index (κ3) is 5.54. The molecule has 26 heavy (non-hydrogen) atoms. The number of carbonyl (C=O) groups excluding carboxylic acids is 2. The second-order valence-electron chi connectivity index (χ2n) is 6.78. The first-order valence-corrected chi connectivity index (χ1v) is 10.2. The molecule has 0 aliphatic carbocycles. The minimum Gasteiger partial charge on any atom is -0.452 e. The molecule has 0 aromatic heterocycles. The Balaban J connectivity index is 1.84. The fourth-order valence-corrected chi connectivity index (χ4v) is 3.70. The first-order chi connectivity index (χ1) is 12.2. The zero-order chi connectivity index (χ0) is 19.3. The molecule has 2 rings (SSSR count). The lowest BCUT2D eigenvalue weighted by atomic mass is 9.99. The zero-order valence-electron chi connectivity index (χ0n) is 15.4. The highest BCUT2D eigenvalue weighted by Gasteiger charge is 2.27. The van der Waals surface area contributed by atoms with Gasteiger partial charge in [-0.1, -0.05) is 24.6 Å². The summed E-state index contributed by atoms with van der Waals surface area (Å²) < 4.78 is 31.6. The van der Waals surface area contributed by atoms with Crippen LogP contribution >= 0.6 is 0 Å². The van der Waals surface area contributed by atoms with Crippen LogP contribution < -0.4 is 4.72 Å². The summed E-state index contributed by atoms with van der Waals surface area (Å²) >= 11 is 0. The predicted molar refractivity (Wildman–Crippen MR) is 96.9 cm³/mol. The van der Waals surface area contributed by atoms with Gasteiger partial charge in [-0.2, -0.15) is 4.72 Å². The molecule has 1 aromatic rings. The van der Waals surface area contributed by atoms with Crippen LogP contribution in [0.15, 0.2) is 29.2 Å². The number of sulfonamides is 1. The molecular weight excluding hydrogens is 356 g/mol. The van der Waals surface area contributed by atoms with Crippen LogP contribution in [0.2, 0.25) is 0 Å². The Labute approximate surface area is 154 Å². The van der Waals surface area contributed by atoms with E-state index in [4.69, 9.17) is 4.74 Å². The molecular formula is C18H26N2O5S. The smallest absolute Gasteiger partial charge is 0.321 e. The summed E-state index contributed by atoms with van der Waals surface area (Å²) in [5, 5.41) is 0. The number of esters is 1. The molecule has 1 fully saturated rings. The first-order valence-electron chi connectivity index (χ1n) is 8.73. The Morgan fingerprint density at radius 2 is 1.81 bits per heavy atom. The maximum atomic E-state index is 12.3. The fourth-order valence-electron chi connectivity index (χ4n) is 2.73. The van der Waals surface area contributed by atoms with Crippen LogP contribution in [0, 0.1) is 12.8 Å². The summed E-state index contributed by atoms with van der Waals surface area (Å²) in [4.78, 5) is 26.0. The van der Waals surface area contributed by atoms with Crippen molar-refractivity contribution in [3.63, 3.8) is 0 Å². The maximum Gasteiger partial charge on any atom is 0.321 e.